The molecule has 1 amide bonds. The van der Waals surface area contributed by atoms with Gasteiger partial charge in [-0.3, -0.25) is 4.79 Å². The molecule has 1 aliphatic rings. The Kier molecular flexibility index (Phi) is 4.24. The fourth-order valence-corrected chi connectivity index (χ4v) is 3.32. The minimum absolute atomic E-state index is 0.0559. The molecular weight excluding hydrogens is 342 g/mol. The molecule has 2 aromatic heterocycles. The standard InChI is InChI=1S/C20H19N5O2/c1-12(15-7-18(26)22-10-15)27-20-19-17(23-11-25(19)2)8-16(24-20)14-5-3-13(9-21)4-6-14/h3-6,8,11-12,15H,7,10H2,1-2H3,(H,22,26)/t12-,15-/m1/s1. The summed E-state index contributed by atoms with van der Waals surface area (Å²) in [5, 5.41) is 11.8. The molecule has 0 bridgehead atoms. The Hall–Kier alpha value is -3.40. The van der Waals surface area contributed by atoms with Crippen LogP contribution in [-0.4, -0.2) is 33.1 Å². The molecule has 1 N–H and O–H groups in total. The van der Waals surface area contributed by atoms with Gasteiger partial charge in [-0.05, 0) is 25.1 Å². The summed E-state index contributed by atoms with van der Waals surface area (Å²) in [6, 6.07) is 11.3. The van der Waals surface area contributed by atoms with Crippen LogP contribution in [0.2, 0.25) is 0 Å². The van der Waals surface area contributed by atoms with Crippen molar-refractivity contribution in [2.75, 3.05) is 6.54 Å². The highest BCUT2D eigenvalue weighted by Gasteiger charge is 2.29. The lowest BCUT2D eigenvalue weighted by Gasteiger charge is -2.20. The lowest BCUT2D eigenvalue weighted by Crippen LogP contribution is -2.26. The van der Waals surface area contributed by atoms with Crippen molar-refractivity contribution in [3.63, 3.8) is 0 Å². The molecule has 136 valence electrons. The number of pyridine rings is 1. The monoisotopic (exact) mass is 361 g/mol. The minimum atomic E-state index is -0.161. The molecule has 0 unspecified atom stereocenters. The molecular formula is C20H19N5O2. The Morgan fingerprint density at radius 3 is 2.81 bits per heavy atom. The molecule has 7 nitrogen and oxygen atoms in total. The first kappa shape index (κ1) is 17.0. The van der Waals surface area contributed by atoms with Gasteiger partial charge in [0, 0.05) is 31.5 Å². The highest BCUT2D eigenvalue weighted by atomic mass is 16.5. The van der Waals surface area contributed by atoms with Crippen LogP contribution in [0.15, 0.2) is 36.7 Å². The fraction of sp³-hybridized carbons (Fsp3) is 0.300. The van der Waals surface area contributed by atoms with E-state index in [1.165, 1.54) is 0 Å². The highest BCUT2D eigenvalue weighted by Crippen LogP contribution is 2.30. The summed E-state index contributed by atoms with van der Waals surface area (Å²) < 4.78 is 8.07. The Bertz CT molecular complexity index is 1050. The maximum atomic E-state index is 11.5. The van der Waals surface area contributed by atoms with Crippen LogP contribution in [-0.2, 0) is 11.8 Å². The number of carbonyl (C=O) groups is 1. The zero-order valence-electron chi connectivity index (χ0n) is 15.1. The number of aryl methyl sites for hydroxylation is 1. The second kappa shape index (κ2) is 6.72. The molecule has 1 aliphatic heterocycles. The van der Waals surface area contributed by atoms with Gasteiger partial charge in [0.2, 0.25) is 11.8 Å². The van der Waals surface area contributed by atoms with Gasteiger partial charge in [-0.25, -0.2) is 9.97 Å². The van der Waals surface area contributed by atoms with Crippen molar-refractivity contribution in [3.8, 4) is 23.2 Å². The maximum Gasteiger partial charge on any atom is 0.241 e. The number of hydrogen-bond donors (Lipinski definition) is 1. The number of nitriles is 1. The number of carbonyl (C=O) groups excluding carboxylic acids is 1. The van der Waals surface area contributed by atoms with Gasteiger partial charge in [0.05, 0.1) is 29.2 Å². The smallest absolute Gasteiger partial charge is 0.241 e. The normalized spacial score (nSPS) is 17.5. The van der Waals surface area contributed by atoms with E-state index in [2.05, 4.69) is 16.4 Å². The second-order valence-corrected chi connectivity index (χ2v) is 6.82. The van der Waals surface area contributed by atoms with Crippen LogP contribution in [0.4, 0.5) is 0 Å². The van der Waals surface area contributed by atoms with Gasteiger partial charge >= 0.3 is 0 Å². The zero-order valence-corrected chi connectivity index (χ0v) is 15.1. The summed E-state index contributed by atoms with van der Waals surface area (Å²) >= 11 is 0. The largest absolute Gasteiger partial charge is 0.473 e. The van der Waals surface area contributed by atoms with E-state index in [9.17, 15) is 4.79 Å². The average molecular weight is 361 g/mol. The Balaban J connectivity index is 1.72. The molecule has 0 spiro atoms. The number of nitrogens with one attached hydrogen (secondary N) is 1. The van der Waals surface area contributed by atoms with Gasteiger partial charge in [-0.15, -0.1) is 0 Å². The predicted octanol–water partition coefficient (Wildman–Crippen LogP) is 2.41. The molecule has 1 aromatic carbocycles. The SMILES string of the molecule is C[C@@H](Oc1nc(-c2ccc(C#N)cc2)cc2ncn(C)c12)[C@H]1CNC(=O)C1. The van der Waals surface area contributed by atoms with Crippen LogP contribution in [0.3, 0.4) is 0 Å². The third-order valence-electron chi connectivity index (χ3n) is 4.94. The van der Waals surface area contributed by atoms with Gasteiger partial charge in [-0.2, -0.15) is 5.26 Å². The van der Waals surface area contributed by atoms with Crippen molar-refractivity contribution in [2.45, 2.75) is 19.4 Å². The molecule has 0 saturated carbocycles. The van der Waals surface area contributed by atoms with E-state index < -0.39 is 0 Å². The second-order valence-electron chi connectivity index (χ2n) is 6.82. The number of imidazole rings is 1. The third-order valence-corrected chi connectivity index (χ3v) is 4.94. The summed E-state index contributed by atoms with van der Waals surface area (Å²) in [7, 11) is 1.90. The summed E-state index contributed by atoms with van der Waals surface area (Å²) in [6.45, 7) is 2.58. The van der Waals surface area contributed by atoms with Crippen LogP contribution in [0, 0.1) is 17.2 Å². The molecule has 0 aliphatic carbocycles. The van der Waals surface area contributed by atoms with E-state index in [-0.39, 0.29) is 17.9 Å². The topological polar surface area (TPSA) is 92.8 Å². The molecule has 27 heavy (non-hydrogen) atoms. The molecule has 2 atom stereocenters. The first-order chi connectivity index (χ1) is 13.0. The number of nitrogens with zero attached hydrogens (tertiary/aromatic N) is 4. The van der Waals surface area contributed by atoms with E-state index >= 15 is 0 Å². The zero-order chi connectivity index (χ0) is 19.0. The summed E-state index contributed by atoms with van der Waals surface area (Å²) in [5.74, 6) is 0.667. The molecule has 0 radical (unpaired) electrons. The van der Waals surface area contributed by atoms with E-state index in [0.29, 0.717) is 24.4 Å². The van der Waals surface area contributed by atoms with E-state index in [4.69, 9.17) is 15.0 Å². The molecule has 3 aromatic rings. The van der Waals surface area contributed by atoms with Crippen molar-refractivity contribution in [1.82, 2.24) is 19.9 Å². The summed E-state index contributed by atoms with van der Waals surface area (Å²) in [4.78, 5) is 20.7. The summed E-state index contributed by atoms with van der Waals surface area (Å²) in [6.07, 6.45) is 2.03. The van der Waals surface area contributed by atoms with Crippen LogP contribution < -0.4 is 10.1 Å². The molecule has 3 heterocycles. The lowest BCUT2D eigenvalue weighted by molar-refractivity contribution is -0.119. The van der Waals surface area contributed by atoms with Gasteiger partial charge < -0.3 is 14.6 Å². The first-order valence-corrected chi connectivity index (χ1v) is 8.81. The Labute approximate surface area is 156 Å². The predicted molar refractivity (Wildman–Crippen MR) is 99.9 cm³/mol. The van der Waals surface area contributed by atoms with Gasteiger partial charge in [-0.1, -0.05) is 12.1 Å². The highest BCUT2D eigenvalue weighted by molar-refractivity contribution is 5.84. The van der Waals surface area contributed by atoms with Crippen molar-refractivity contribution in [3.05, 3.63) is 42.2 Å². The third kappa shape index (κ3) is 3.22. The molecule has 1 fully saturated rings. The van der Waals surface area contributed by atoms with Gasteiger partial charge in [0.25, 0.3) is 0 Å². The number of hydrogen-bond acceptors (Lipinski definition) is 5. The quantitative estimate of drug-likeness (QED) is 0.770. The minimum Gasteiger partial charge on any atom is -0.473 e. The van der Waals surface area contributed by atoms with Crippen molar-refractivity contribution < 1.29 is 9.53 Å². The molecule has 1 saturated heterocycles. The van der Waals surface area contributed by atoms with Crippen molar-refractivity contribution in [2.24, 2.45) is 13.0 Å². The van der Waals surface area contributed by atoms with Gasteiger partial charge in [0.1, 0.15) is 11.6 Å². The lowest BCUT2D eigenvalue weighted by atomic mass is 10.0. The van der Waals surface area contributed by atoms with Crippen LogP contribution in [0.5, 0.6) is 5.88 Å². The average Bonchev–Trinajstić information content (AvgIpc) is 3.28. The molecule has 4 rings (SSSR count). The molecule has 7 heteroatoms. The van der Waals surface area contributed by atoms with Crippen LogP contribution in [0.1, 0.15) is 18.9 Å². The van der Waals surface area contributed by atoms with Crippen molar-refractivity contribution >= 4 is 16.9 Å². The van der Waals surface area contributed by atoms with E-state index in [1.807, 2.05) is 36.7 Å². The number of ether oxygens (including phenoxy) is 1. The number of amides is 1. The van der Waals surface area contributed by atoms with Crippen LogP contribution in [0.25, 0.3) is 22.3 Å². The van der Waals surface area contributed by atoms with Crippen molar-refractivity contribution in [1.29, 1.82) is 5.26 Å². The Morgan fingerprint density at radius 1 is 1.37 bits per heavy atom. The van der Waals surface area contributed by atoms with Gasteiger partial charge in [0.15, 0.2) is 0 Å². The first-order valence-electron chi connectivity index (χ1n) is 8.81. The van der Waals surface area contributed by atoms with E-state index in [1.54, 1.807) is 18.5 Å². The number of aromatic nitrogens is 3. The number of benzene rings is 1. The summed E-state index contributed by atoms with van der Waals surface area (Å²) in [5.41, 5.74) is 3.82. The maximum absolute atomic E-state index is 11.5. The number of rotatable bonds is 4. The van der Waals surface area contributed by atoms with Crippen LogP contribution >= 0.6 is 0 Å². The fourth-order valence-electron chi connectivity index (χ4n) is 3.32. The Morgan fingerprint density at radius 2 is 2.15 bits per heavy atom. The van der Waals surface area contributed by atoms with E-state index in [0.717, 1.165) is 22.3 Å². The number of fused-ring (bicyclic) bond motifs is 1.